The number of nitrogens with two attached hydrogens (primary N) is 1. The largest absolute Gasteiger partial charge is 0.351 e. The lowest BCUT2D eigenvalue weighted by molar-refractivity contribution is -0.122. The van der Waals surface area contributed by atoms with Gasteiger partial charge in [-0.05, 0) is 18.1 Å². The summed E-state index contributed by atoms with van der Waals surface area (Å²) in [7, 11) is 0. The summed E-state index contributed by atoms with van der Waals surface area (Å²) in [6, 6.07) is 17.4. The van der Waals surface area contributed by atoms with Crippen molar-refractivity contribution in [3.05, 3.63) is 71.8 Å². The standard InChI is InChI=1S/C17H19N3O2/c1-12(13-8-4-2-5-9-13)19-15(16(21)20-17(18)22)14-10-6-3-7-11-14/h2-12,15,19H,1H3,(H3,18,20,21,22)/t12-,15+/m0/s1. The van der Waals surface area contributed by atoms with Gasteiger partial charge in [-0.15, -0.1) is 0 Å². The Hall–Kier alpha value is -2.66. The molecule has 4 N–H and O–H groups in total. The van der Waals surface area contributed by atoms with Crippen LogP contribution in [0.2, 0.25) is 0 Å². The number of hydrogen-bond donors (Lipinski definition) is 3. The Balaban J connectivity index is 2.21. The van der Waals surface area contributed by atoms with Crippen LogP contribution in [0, 0.1) is 0 Å². The first-order valence-electron chi connectivity index (χ1n) is 7.04. The molecule has 0 aliphatic rings. The van der Waals surface area contributed by atoms with E-state index in [1.807, 2.05) is 67.6 Å². The molecule has 114 valence electrons. The van der Waals surface area contributed by atoms with Gasteiger partial charge in [0.05, 0.1) is 0 Å². The first-order chi connectivity index (χ1) is 10.6. The van der Waals surface area contributed by atoms with Crippen molar-refractivity contribution in [3.63, 3.8) is 0 Å². The molecule has 2 aromatic rings. The molecule has 0 spiro atoms. The number of urea groups is 1. The molecule has 2 rings (SSSR count). The quantitative estimate of drug-likeness (QED) is 0.791. The van der Waals surface area contributed by atoms with Crippen molar-refractivity contribution in [2.24, 2.45) is 5.73 Å². The van der Waals surface area contributed by atoms with Gasteiger partial charge >= 0.3 is 6.03 Å². The summed E-state index contributed by atoms with van der Waals surface area (Å²) in [6.07, 6.45) is 0. The van der Waals surface area contributed by atoms with Gasteiger partial charge in [-0.1, -0.05) is 60.7 Å². The van der Waals surface area contributed by atoms with Crippen molar-refractivity contribution < 1.29 is 9.59 Å². The summed E-state index contributed by atoms with van der Waals surface area (Å²) in [4.78, 5) is 23.2. The summed E-state index contributed by atoms with van der Waals surface area (Å²) in [6.45, 7) is 1.96. The fraction of sp³-hybridized carbons (Fsp3) is 0.176. The minimum atomic E-state index is -0.861. The van der Waals surface area contributed by atoms with Gasteiger partial charge in [0.25, 0.3) is 0 Å². The van der Waals surface area contributed by atoms with Gasteiger partial charge in [0.1, 0.15) is 6.04 Å². The fourth-order valence-electron chi connectivity index (χ4n) is 2.25. The highest BCUT2D eigenvalue weighted by molar-refractivity contribution is 5.96. The van der Waals surface area contributed by atoms with Crippen LogP contribution in [0.25, 0.3) is 0 Å². The van der Waals surface area contributed by atoms with Crippen LogP contribution in [0.4, 0.5) is 4.79 Å². The minimum absolute atomic E-state index is 0.0648. The van der Waals surface area contributed by atoms with Crippen LogP contribution in [0.15, 0.2) is 60.7 Å². The van der Waals surface area contributed by atoms with Gasteiger partial charge < -0.3 is 5.73 Å². The molecular formula is C17H19N3O2. The molecule has 0 saturated heterocycles. The number of rotatable bonds is 5. The van der Waals surface area contributed by atoms with Gasteiger partial charge in [0.2, 0.25) is 5.91 Å². The van der Waals surface area contributed by atoms with Crippen LogP contribution in [0.1, 0.15) is 30.1 Å². The molecule has 5 nitrogen and oxygen atoms in total. The third-order valence-corrected chi connectivity index (χ3v) is 3.36. The lowest BCUT2D eigenvalue weighted by Crippen LogP contribution is -2.43. The van der Waals surface area contributed by atoms with E-state index in [0.717, 1.165) is 11.1 Å². The summed E-state index contributed by atoms with van der Waals surface area (Å²) >= 11 is 0. The normalized spacial score (nSPS) is 13.1. The Morgan fingerprint density at radius 3 is 1.91 bits per heavy atom. The number of carbonyl (C=O) groups excluding carboxylic acids is 2. The highest BCUT2D eigenvalue weighted by atomic mass is 16.2. The molecule has 0 unspecified atom stereocenters. The molecule has 0 radical (unpaired) electrons. The molecule has 0 aromatic heterocycles. The number of primary amides is 1. The minimum Gasteiger partial charge on any atom is -0.351 e. The van der Waals surface area contributed by atoms with Crippen LogP contribution in [-0.2, 0) is 4.79 Å². The highest BCUT2D eigenvalue weighted by Crippen LogP contribution is 2.19. The molecular weight excluding hydrogens is 278 g/mol. The third-order valence-electron chi connectivity index (χ3n) is 3.36. The van der Waals surface area contributed by atoms with Crippen molar-refractivity contribution in [2.45, 2.75) is 19.0 Å². The molecule has 0 aliphatic carbocycles. The zero-order valence-corrected chi connectivity index (χ0v) is 12.3. The molecule has 2 aromatic carbocycles. The molecule has 0 bridgehead atoms. The van der Waals surface area contributed by atoms with Crippen molar-refractivity contribution in [3.8, 4) is 0 Å². The van der Waals surface area contributed by atoms with E-state index in [9.17, 15) is 9.59 Å². The highest BCUT2D eigenvalue weighted by Gasteiger charge is 2.23. The van der Waals surface area contributed by atoms with E-state index in [2.05, 4.69) is 10.6 Å². The maximum Gasteiger partial charge on any atom is 0.318 e. The van der Waals surface area contributed by atoms with Crippen LogP contribution in [0.3, 0.4) is 0 Å². The Labute approximate surface area is 129 Å². The molecule has 3 amide bonds. The summed E-state index contributed by atoms with van der Waals surface area (Å²) in [5, 5.41) is 5.37. The van der Waals surface area contributed by atoms with Gasteiger partial charge in [-0.3, -0.25) is 15.4 Å². The number of nitrogens with one attached hydrogen (secondary N) is 2. The predicted molar refractivity (Wildman–Crippen MR) is 84.9 cm³/mol. The SMILES string of the molecule is C[C@H](N[C@@H](C(=O)NC(N)=O)c1ccccc1)c1ccccc1. The molecule has 0 saturated carbocycles. The van der Waals surface area contributed by atoms with Crippen LogP contribution in [0.5, 0.6) is 0 Å². The van der Waals surface area contributed by atoms with E-state index in [1.54, 1.807) is 0 Å². The average Bonchev–Trinajstić information content (AvgIpc) is 2.53. The van der Waals surface area contributed by atoms with Crippen LogP contribution in [-0.4, -0.2) is 11.9 Å². The molecule has 0 aliphatic heterocycles. The zero-order valence-electron chi connectivity index (χ0n) is 12.3. The van der Waals surface area contributed by atoms with Gasteiger partial charge in [0.15, 0.2) is 0 Å². The average molecular weight is 297 g/mol. The second kappa shape index (κ2) is 7.38. The fourth-order valence-corrected chi connectivity index (χ4v) is 2.25. The topological polar surface area (TPSA) is 84.2 Å². The van der Waals surface area contributed by atoms with E-state index >= 15 is 0 Å². The van der Waals surface area contributed by atoms with E-state index in [0.29, 0.717) is 0 Å². The van der Waals surface area contributed by atoms with Crippen LogP contribution >= 0.6 is 0 Å². The number of carbonyl (C=O) groups is 2. The zero-order chi connectivity index (χ0) is 15.9. The maximum atomic E-state index is 12.2. The number of benzene rings is 2. The first kappa shape index (κ1) is 15.7. The van der Waals surface area contributed by atoms with E-state index < -0.39 is 18.0 Å². The molecule has 0 heterocycles. The summed E-state index contributed by atoms with van der Waals surface area (Å²) < 4.78 is 0. The predicted octanol–water partition coefficient (Wildman–Crippen LogP) is 2.27. The summed E-state index contributed by atoms with van der Waals surface area (Å²) in [5.74, 6) is -0.471. The number of hydrogen-bond acceptors (Lipinski definition) is 3. The molecule has 22 heavy (non-hydrogen) atoms. The van der Waals surface area contributed by atoms with Crippen molar-refractivity contribution in [2.75, 3.05) is 0 Å². The maximum absolute atomic E-state index is 12.2. The smallest absolute Gasteiger partial charge is 0.318 e. The van der Waals surface area contributed by atoms with Crippen LogP contribution < -0.4 is 16.4 Å². The van der Waals surface area contributed by atoms with Gasteiger partial charge in [0, 0.05) is 6.04 Å². The number of imide groups is 1. The van der Waals surface area contributed by atoms with Gasteiger partial charge in [-0.25, -0.2) is 4.79 Å². The lowest BCUT2D eigenvalue weighted by atomic mass is 10.0. The first-order valence-corrected chi connectivity index (χ1v) is 7.04. The van der Waals surface area contributed by atoms with Crippen molar-refractivity contribution >= 4 is 11.9 Å². The van der Waals surface area contributed by atoms with E-state index in [-0.39, 0.29) is 6.04 Å². The Morgan fingerprint density at radius 2 is 1.41 bits per heavy atom. The van der Waals surface area contributed by atoms with Gasteiger partial charge in [-0.2, -0.15) is 0 Å². The second-order valence-corrected chi connectivity index (χ2v) is 5.00. The van der Waals surface area contributed by atoms with E-state index in [4.69, 9.17) is 5.73 Å². The Morgan fingerprint density at radius 1 is 0.909 bits per heavy atom. The lowest BCUT2D eigenvalue weighted by Gasteiger charge is -2.23. The summed E-state index contributed by atoms with van der Waals surface area (Å²) in [5.41, 5.74) is 6.87. The monoisotopic (exact) mass is 297 g/mol. The van der Waals surface area contributed by atoms with Crippen molar-refractivity contribution in [1.29, 1.82) is 0 Å². The third kappa shape index (κ3) is 4.17. The molecule has 5 heteroatoms. The number of amides is 3. The Bertz CT molecular complexity index is 629. The molecule has 0 fully saturated rings. The second-order valence-electron chi connectivity index (χ2n) is 5.00. The van der Waals surface area contributed by atoms with E-state index in [1.165, 1.54) is 0 Å². The molecule has 2 atom stereocenters. The van der Waals surface area contributed by atoms with Crippen molar-refractivity contribution in [1.82, 2.24) is 10.6 Å². The Kier molecular flexibility index (Phi) is 5.27.